The third-order valence-electron chi connectivity index (χ3n) is 6.86. The number of nitrogens with zero attached hydrogens (tertiary/aromatic N) is 1. The summed E-state index contributed by atoms with van der Waals surface area (Å²) in [5, 5.41) is 20.3. The smallest absolute Gasteiger partial charge is 0.119 e. The zero-order chi connectivity index (χ0) is 23.2. The van der Waals surface area contributed by atoms with Gasteiger partial charge in [-0.05, 0) is 26.2 Å². The van der Waals surface area contributed by atoms with Gasteiger partial charge < -0.3 is 19.6 Å². The van der Waals surface area contributed by atoms with E-state index in [1.807, 2.05) is 14.0 Å². The van der Waals surface area contributed by atoms with Gasteiger partial charge in [0.1, 0.15) is 6.54 Å². The number of carbonyl (C=O) groups is 1. The predicted octanol–water partition coefficient (Wildman–Crippen LogP) is 5.59. The lowest BCUT2D eigenvalue weighted by Crippen LogP contribution is -2.51. The zero-order valence-corrected chi connectivity index (χ0v) is 21.1. The summed E-state index contributed by atoms with van der Waals surface area (Å²) in [6.45, 7) is 5.94. The van der Waals surface area contributed by atoms with Crippen molar-refractivity contribution in [1.82, 2.24) is 5.48 Å². The normalized spacial score (nSPS) is 14.5. The second kappa shape index (κ2) is 21.2. The Labute approximate surface area is 193 Å². The highest BCUT2D eigenvalue weighted by Crippen LogP contribution is 2.15. The molecule has 0 saturated heterocycles. The summed E-state index contributed by atoms with van der Waals surface area (Å²) in [4.78, 5) is 10.9. The highest BCUT2D eigenvalue weighted by atomic mass is 16.5. The maximum atomic E-state index is 10.9. The fraction of sp³-hybridized carbons (Fsp3) is 0.962. The first kappa shape index (κ1) is 30.4. The molecule has 0 fully saturated rings. The van der Waals surface area contributed by atoms with Crippen molar-refractivity contribution in [2.45, 2.75) is 135 Å². The minimum atomic E-state index is -0.987. The summed E-state index contributed by atoms with van der Waals surface area (Å²) in [5.74, 6) is -0.987. The van der Waals surface area contributed by atoms with E-state index in [9.17, 15) is 15.1 Å². The molecular formula is C26H54N2O3. The molecule has 5 nitrogen and oxygen atoms in total. The van der Waals surface area contributed by atoms with Crippen LogP contribution >= 0.6 is 0 Å². The van der Waals surface area contributed by atoms with Crippen LogP contribution in [-0.2, 0) is 4.79 Å². The molecule has 0 heterocycles. The second-order valence-electron chi connectivity index (χ2n) is 9.90. The number of rotatable bonds is 24. The van der Waals surface area contributed by atoms with Crippen molar-refractivity contribution in [2.24, 2.45) is 0 Å². The van der Waals surface area contributed by atoms with E-state index in [2.05, 4.69) is 12.4 Å². The Kier molecular flexibility index (Phi) is 20.8. The van der Waals surface area contributed by atoms with Gasteiger partial charge in [-0.15, -0.1) is 0 Å². The number of aliphatic carboxylic acids is 1. The van der Waals surface area contributed by atoms with Crippen LogP contribution in [0.4, 0.5) is 0 Å². The molecule has 0 aliphatic heterocycles. The summed E-state index contributed by atoms with van der Waals surface area (Å²) in [6, 6.07) is 0.121. The van der Waals surface area contributed by atoms with Crippen molar-refractivity contribution in [3.63, 3.8) is 0 Å². The average Bonchev–Trinajstić information content (AvgIpc) is 2.74. The number of carboxylic acid groups (broad SMARTS) is 1. The fourth-order valence-corrected chi connectivity index (χ4v) is 4.42. The third-order valence-corrected chi connectivity index (χ3v) is 6.86. The Morgan fingerprint density at radius 3 is 1.58 bits per heavy atom. The van der Waals surface area contributed by atoms with Crippen molar-refractivity contribution in [3.8, 4) is 0 Å². The number of unbranched alkanes of at least 4 members (excludes halogenated alkanes) is 14. The predicted molar refractivity (Wildman–Crippen MR) is 129 cm³/mol. The molecule has 2 N–H and O–H groups in total. The lowest BCUT2D eigenvalue weighted by molar-refractivity contribution is -0.902. The van der Waals surface area contributed by atoms with Gasteiger partial charge in [-0.1, -0.05) is 103 Å². The van der Waals surface area contributed by atoms with Gasteiger partial charge in [0.05, 0.1) is 26.1 Å². The highest BCUT2D eigenvalue weighted by molar-refractivity contribution is 5.65. The lowest BCUT2D eigenvalue weighted by Gasteiger charge is -2.34. The average molecular weight is 443 g/mol. The van der Waals surface area contributed by atoms with Crippen molar-refractivity contribution in [1.29, 1.82) is 0 Å². The molecule has 0 radical (unpaired) electrons. The van der Waals surface area contributed by atoms with Crippen LogP contribution in [0.25, 0.3) is 0 Å². The van der Waals surface area contributed by atoms with Crippen LogP contribution in [0, 0.1) is 0 Å². The zero-order valence-electron chi connectivity index (χ0n) is 21.1. The summed E-state index contributed by atoms with van der Waals surface area (Å²) >= 11 is 0. The summed E-state index contributed by atoms with van der Waals surface area (Å²) in [6.07, 6.45) is 23.3. The van der Waals surface area contributed by atoms with Gasteiger partial charge in [0, 0.05) is 6.04 Å². The molecule has 31 heavy (non-hydrogen) atoms. The number of likely N-dealkylation sites (N-methyl/N-ethyl adjacent to an activating group) is 1. The van der Waals surface area contributed by atoms with Crippen LogP contribution in [0.1, 0.15) is 129 Å². The maximum absolute atomic E-state index is 10.9. The maximum Gasteiger partial charge on any atom is 0.119 e. The van der Waals surface area contributed by atoms with Crippen molar-refractivity contribution in [3.05, 3.63) is 0 Å². The first-order valence-corrected chi connectivity index (χ1v) is 13.4. The number of quaternary nitrogens is 1. The van der Waals surface area contributed by atoms with Gasteiger partial charge in [-0.3, -0.25) is 0 Å². The molecular weight excluding hydrogens is 388 g/mol. The van der Waals surface area contributed by atoms with E-state index in [1.54, 1.807) is 0 Å². The Hall–Kier alpha value is -0.650. The van der Waals surface area contributed by atoms with Gasteiger partial charge in [0.25, 0.3) is 0 Å². The largest absolute Gasteiger partial charge is 0.544 e. The van der Waals surface area contributed by atoms with E-state index < -0.39 is 5.97 Å². The van der Waals surface area contributed by atoms with Crippen LogP contribution < -0.4 is 10.6 Å². The quantitative estimate of drug-likeness (QED) is 0.116. The van der Waals surface area contributed by atoms with E-state index in [0.717, 1.165) is 38.8 Å². The summed E-state index contributed by atoms with van der Waals surface area (Å²) < 4.78 is 0.499. The molecule has 0 rings (SSSR count). The lowest BCUT2D eigenvalue weighted by atomic mass is 10.0. The number of hydrogen-bond donors (Lipinski definition) is 2. The highest BCUT2D eigenvalue weighted by Gasteiger charge is 2.20. The van der Waals surface area contributed by atoms with Crippen LogP contribution in [0.15, 0.2) is 0 Å². The summed E-state index contributed by atoms with van der Waals surface area (Å²) in [7, 11) is 1.96. The SMILES string of the molecule is CCCCCCCCCCCCCCCCCC(CCC[N+](C)(CC)CC(=O)[O-])NO. The van der Waals surface area contributed by atoms with Crippen LogP contribution in [0.3, 0.4) is 0 Å². The molecule has 0 aromatic heterocycles. The van der Waals surface area contributed by atoms with Crippen molar-refractivity contribution >= 4 is 5.97 Å². The second-order valence-corrected chi connectivity index (χ2v) is 9.90. The number of carbonyl (C=O) groups excluding carboxylic acids is 1. The third kappa shape index (κ3) is 19.7. The molecule has 0 aliphatic rings. The van der Waals surface area contributed by atoms with Crippen LogP contribution in [-0.4, -0.2) is 48.4 Å². The Morgan fingerprint density at radius 1 is 0.774 bits per heavy atom. The molecule has 0 bridgehead atoms. The molecule has 0 spiro atoms. The van der Waals surface area contributed by atoms with E-state index in [-0.39, 0.29) is 12.6 Å². The minimum absolute atomic E-state index is 0.0623. The van der Waals surface area contributed by atoms with Crippen LogP contribution in [0.2, 0.25) is 0 Å². The van der Waals surface area contributed by atoms with Crippen molar-refractivity contribution < 1.29 is 19.6 Å². The van der Waals surface area contributed by atoms with E-state index >= 15 is 0 Å². The fourth-order valence-electron chi connectivity index (χ4n) is 4.42. The molecule has 5 heteroatoms. The minimum Gasteiger partial charge on any atom is -0.544 e. The Morgan fingerprint density at radius 2 is 1.19 bits per heavy atom. The van der Waals surface area contributed by atoms with Crippen molar-refractivity contribution in [2.75, 3.05) is 26.7 Å². The van der Waals surface area contributed by atoms with Gasteiger partial charge in [0.15, 0.2) is 0 Å². The number of carboxylic acids is 1. The molecule has 0 aromatic carbocycles. The molecule has 2 unspecified atom stereocenters. The topological polar surface area (TPSA) is 72.4 Å². The molecule has 0 saturated carbocycles. The summed E-state index contributed by atoms with van der Waals surface area (Å²) in [5.41, 5.74) is 2.46. The van der Waals surface area contributed by atoms with Gasteiger partial charge in [-0.2, -0.15) is 0 Å². The van der Waals surface area contributed by atoms with E-state index in [4.69, 9.17) is 0 Å². The molecule has 2 atom stereocenters. The number of nitrogens with one attached hydrogen (secondary N) is 1. The number of hydrogen-bond acceptors (Lipinski definition) is 4. The van der Waals surface area contributed by atoms with Gasteiger partial charge in [-0.25, -0.2) is 5.48 Å². The molecule has 0 aliphatic carbocycles. The Bertz CT molecular complexity index is 406. The monoisotopic (exact) mass is 442 g/mol. The molecule has 0 aromatic rings. The van der Waals surface area contributed by atoms with Crippen LogP contribution in [0.5, 0.6) is 0 Å². The van der Waals surface area contributed by atoms with E-state index in [0.29, 0.717) is 4.48 Å². The first-order valence-electron chi connectivity index (χ1n) is 13.4. The Balaban J connectivity index is 3.52. The molecule has 186 valence electrons. The van der Waals surface area contributed by atoms with E-state index in [1.165, 1.54) is 89.9 Å². The van der Waals surface area contributed by atoms with Gasteiger partial charge >= 0.3 is 0 Å². The van der Waals surface area contributed by atoms with Gasteiger partial charge in [0.2, 0.25) is 0 Å². The molecule has 0 amide bonds. The first-order chi connectivity index (χ1) is 15.0. The number of hydroxylamine groups is 1. The standard InChI is InChI=1S/C26H54N2O3/c1-4-6-7-8-9-10-11-12-13-14-15-16-17-18-19-21-25(27-31)22-20-23-28(3,5-2)24-26(29)30/h25,27,31H,4-24H2,1-3H3.